The van der Waals surface area contributed by atoms with Gasteiger partial charge in [0.1, 0.15) is 17.1 Å². The number of H-pyrrole nitrogens is 1. The van der Waals surface area contributed by atoms with E-state index in [1.165, 1.54) is 24.3 Å². The Labute approximate surface area is 329 Å². The minimum atomic E-state index is -4.64. The monoisotopic (exact) mass is 784 g/mol. The summed E-state index contributed by atoms with van der Waals surface area (Å²) in [6.07, 6.45) is -2.47. The first kappa shape index (κ1) is 41.2. The van der Waals surface area contributed by atoms with Gasteiger partial charge in [-0.05, 0) is 72.2 Å². The smallest absolute Gasteiger partial charge is 0.358 e. The Morgan fingerprint density at radius 3 is 2.23 bits per heavy atom. The molecule has 57 heavy (non-hydrogen) atoms. The van der Waals surface area contributed by atoms with Crippen LogP contribution in [0.2, 0.25) is 0 Å². The zero-order chi connectivity index (χ0) is 41.1. The van der Waals surface area contributed by atoms with E-state index < -0.39 is 46.6 Å². The van der Waals surface area contributed by atoms with Crippen LogP contribution in [0.5, 0.6) is 0 Å². The number of anilines is 1. The van der Waals surface area contributed by atoms with E-state index in [2.05, 4.69) is 20.6 Å². The van der Waals surface area contributed by atoms with E-state index in [0.29, 0.717) is 40.7 Å². The number of benzene rings is 3. The largest absolute Gasteiger partial charge is 0.418 e. The maximum atomic E-state index is 15.0. The summed E-state index contributed by atoms with van der Waals surface area (Å²) in [6, 6.07) is 18.8. The van der Waals surface area contributed by atoms with Gasteiger partial charge in [-0.25, -0.2) is 4.39 Å². The molecule has 0 radical (unpaired) electrons. The van der Waals surface area contributed by atoms with Crippen molar-refractivity contribution in [3.63, 3.8) is 0 Å². The lowest BCUT2D eigenvalue weighted by Crippen LogP contribution is -2.60. The molecule has 1 aliphatic carbocycles. The van der Waals surface area contributed by atoms with Gasteiger partial charge in [0.05, 0.1) is 22.3 Å². The SMILES string of the molecule is CCC(C)[C@H](CC(=O)[C@@]1(NC(=O)[C@@H](CC(=O)Cc2ccccc2F)C(C)CC)CCc2[nH]c3c(C(F)(F)F)cccc3c2C1)C(=O)Nc1cccc2ncccc12. The van der Waals surface area contributed by atoms with Gasteiger partial charge in [0.2, 0.25) is 11.8 Å². The molecule has 1 aliphatic rings. The molecule has 2 amide bonds. The van der Waals surface area contributed by atoms with E-state index in [1.807, 2.05) is 39.8 Å². The van der Waals surface area contributed by atoms with Gasteiger partial charge in [-0.2, -0.15) is 13.2 Å². The number of para-hydroxylation sites is 1. The lowest BCUT2D eigenvalue weighted by Gasteiger charge is -2.39. The van der Waals surface area contributed by atoms with Gasteiger partial charge in [-0.1, -0.05) is 76.9 Å². The zero-order valence-corrected chi connectivity index (χ0v) is 32.6. The van der Waals surface area contributed by atoms with Crippen LogP contribution in [0.1, 0.15) is 82.2 Å². The number of amides is 2. The second-order valence-electron chi connectivity index (χ2n) is 15.5. The predicted octanol–water partition coefficient (Wildman–Crippen LogP) is 9.34. The molecule has 300 valence electrons. The minimum absolute atomic E-state index is 0.0545. The maximum Gasteiger partial charge on any atom is 0.418 e. The zero-order valence-electron chi connectivity index (χ0n) is 32.6. The molecule has 3 N–H and O–H groups in total. The van der Waals surface area contributed by atoms with E-state index in [-0.39, 0.29) is 73.1 Å². The summed E-state index contributed by atoms with van der Waals surface area (Å²) in [5.74, 6) is -4.51. The maximum absolute atomic E-state index is 15.0. The molecular formula is C45H48F4N4O4. The molecule has 2 heterocycles. The van der Waals surface area contributed by atoms with Crippen LogP contribution in [0.4, 0.5) is 23.2 Å². The molecule has 5 aromatic rings. The number of ketones is 2. The quantitative estimate of drug-likeness (QED) is 0.0915. The topological polar surface area (TPSA) is 121 Å². The Morgan fingerprint density at radius 1 is 0.842 bits per heavy atom. The highest BCUT2D eigenvalue weighted by molar-refractivity contribution is 6.04. The predicted molar refractivity (Wildman–Crippen MR) is 212 cm³/mol. The average molecular weight is 785 g/mol. The van der Waals surface area contributed by atoms with Crippen molar-refractivity contribution in [1.29, 1.82) is 0 Å². The number of aromatic amines is 1. The number of hydrogen-bond donors (Lipinski definition) is 3. The van der Waals surface area contributed by atoms with Crippen molar-refractivity contribution in [2.24, 2.45) is 23.7 Å². The van der Waals surface area contributed by atoms with Crippen LogP contribution in [-0.4, -0.2) is 38.9 Å². The van der Waals surface area contributed by atoms with Gasteiger partial charge in [-0.3, -0.25) is 24.2 Å². The molecule has 5 atom stereocenters. The summed E-state index contributed by atoms with van der Waals surface area (Å²) in [6.45, 7) is 7.51. The minimum Gasteiger partial charge on any atom is -0.358 e. The molecule has 0 saturated carbocycles. The molecule has 0 bridgehead atoms. The van der Waals surface area contributed by atoms with Gasteiger partial charge in [0.15, 0.2) is 5.78 Å². The first-order valence-corrected chi connectivity index (χ1v) is 19.6. The summed E-state index contributed by atoms with van der Waals surface area (Å²) in [7, 11) is 0. The van der Waals surface area contributed by atoms with Gasteiger partial charge in [0, 0.05) is 60.2 Å². The number of aryl methyl sites for hydroxylation is 1. The normalized spacial score (nSPS) is 17.7. The number of rotatable bonds is 15. The van der Waals surface area contributed by atoms with E-state index in [4.69, 9.17) is 0 Å². The molecular weight excluding hydrogens is 737 g/mol. The third-order valence-electron chi connectivity index (χ3n) is 11.9. The Morgan fingerprint density at radius 2 is 1.53 bits per heavy atom. The Balaban J connectivity index is 1.36. The van der Waals surface area contributed by atoms with Gasteiger partial charge in [0.25, 0.3) is 0 Å². The summed E-state index contributed by atoms with van der Waals surface area (Å²) >= 11 is 0. The number of aromatic nitrogens is 2. The first-order chi connectivity index (χ1) is 27.2. The van der Waals surface area contributed by atoms with Crippen LogP contribution in [0.3, 0.4) is 0 Å². The summed E-state index contributed by atoms with van der Waals surface area (Å²) < 4.78 is 56.9. The third-order valence-corrected chi connectivity index (χ3v) is 11.9. The van der Waals surface area contributed by atoms with Crippen molar-refractivity contribution < 1.29 is 36.7 Å². The van der Waals surface area contributed by atoms with Crippen LogP contribution in [-0.2, 0) is 44.6 Å². The van der Waals surface area contributed by atoms with Crippen LogP contribution in [0.25, 0.3) is 21.8 Å². The molecule has 12 heteroatoms. The molecule has 0 fully saturated rings. The third kappa shape index (κ3) is 8.79. The van der Waals surface area contributed by atoms with E-state index >= 15 is 4.79 Å². The van der Waals surface area contributed by atoms with Gasteiger partial charge in [-0.15, -0.1) is 0 Å². The van der Waals surface area contributed by atoms with E-state index in [0.717, 1.165) is 11.5 Å². The van der Waals surface area contributed by atoms with Crippen molar-refractivity contribution in [1.82, 2.24) is 15.3 Å². The second kappa shape index (κ2) is 17.0. The number of halogens is 4. The number of pyridine rings is 1. The molecule has 6 rings (SSSR count). The van der Waals surface area contributed by atoms with E-state index in [9.17, 15) is 31.9 Å². The second-order valence-corrected chi connectivity index (χ2v) is 15.5. The molecule has 0 spiro atoms. The van der Waals surface area contributed by atoms with Crippen molar-refractivity contribution in [3.8, 4) is 0 Å². The number of alkyl halides is 3. The number of carbonyl (C=O) groups excluding carboxylic acids is 4. The highest BCUT2D eigenvalue weighted by Gasteiger charge is 2.47. The van der Waals surface area contributed by atoms with Crippen LogP contribution >= 0.6 is 0 Å². The lowest BCUT2D eigenvalue weighted by atomic mass is 9.72. The molecule has 0 aliphatic heterocycles. The first-order valence-electron chi connectivity index (χ1n) is 19.6. The van der Waals surface area contributed by atoms with Crippen molar-refractivity contribution in [2.45, 2.75) is 90.8 Å². The molecule has 3 aromatic carbocycles. The molecule has 2 aromatic heterocycles. The van der Waals surface area contributed by atoms with Crippen LogP contribution < -0.4 is 10.6 Å². The van der Waals surface area contributed by atoms with Crippen molar-refractivity contribution in [2.75, 3.05) is 5.32 Å². The Kier molecular flexibility index (Phi) is 12.3. The number of Topliss-reactive ketones (excluding diaryl/α,β-unsaturated/α-hetero) is 2. The molecule has 2 unspecified atom stereocenters. The number of nitrogens with zero attached hydrogens (tertiary/aromatic N) is 1. The number of nitrogens with one attached hydrogen (secondary N) is 3. The fourth-order valence-electron chi connectivity index (χ4n) is 8.13. The number of fused-ring (bicyclic) bond motifs is 4. The fraction of sp³-hybridized carbons (Fsp3) is 0.400. The van der Waals surface area contributed by atoms with Gasteiger partial charge >= 0.3 is 6.18 Å². The fourth-order valence-corrected chi connectivity index (χ4v) is 8.13. The lowest BCUT2D eigenvalue weighted by molar-refractivity contribution is -0.138. The summed E-state index contributed by atoms with van der Waals surface area (Å²) in [5, 5.41) is 7.09. The van der Waals surface area contributed by atoms with Crippen molar-refractivity contribution in [3.05, 3.63) is 107 Å². The Hall–Kier alpha value is -5.39. The van der Waals surface area contributed by atoms with Crippen molar-refractivity contribution >= 4 is 50.9 Å². The number of hydrogen-bond acceptors (Lipinski definition) is 5. The van der Waals surface area contributed by atoms with Crippen LogP contribution in [0, 0.1) is 29.5 Å². The number of carbonyl (C=O) groups is 4. The van der Waals surface area contributed by atoms with Gasteiger partial charge < -0.3 is 15.6 Å². The van der Waals surface area contributed by atoms with Crippen LogP contribution in [0.15, 0.2) is 79.0 Å². The van der Waals surface area contributed by atoms with E-state index in [1.54, 1.807) is 36.5 Å². The summed E-state index contributed by atoms with van der Waals surface area (Å²) in [5.41, 5.74) is -0.0837. The Bertz CT molecular complexity index is 2300. The molecule has 0 saturated heterocycles. The highest BCUT2D eigenvalue weighted by atomic mass is 19.4. The summed E-state index contributed by atoms with van der Waals surface area (Å²) in [4.78, 5) is 64.4. The average Bonchev–Trinajstić information content (AvgIpc) is 3.56. The standard InChI is InChI=1S/C45H48F4N4O4/c1-5-26(3)32(23-29(54)22-28-12-7-8-16-36(28)46)43(57)53-44(20-19-39-34(25-44)30-13-9-15-35(41(30)51-39)45(47,48)49)40(55)24-33(27(4)6-2)42(56)52-38-18-10-17-37-31(38)14-11-21-50-37/h7-18,21,26-27,32-33,51H,5-6,19-20,22-25H2,1-4H3,(H,52,56)(H,53,57)/t26?,27?,32-,33-,44+/m0/s1. The highest BCUT2D eigenvalue weighted by Crippen LogP contribution is 2.41. The molecule has 8 nitrogen and oxygen atoms in total.